The van der Waals surface area contributed by atoms with Crippen molar-refractivity contribution in [3.8, 4) is 5.69 Å². The molecule has 0 spiro atoms. The molecule has 1 N–H and O–H groups in total. The largest absolute Gasteiger partial charge is 0.316 e. The zero-order valence-electron chi connectivity index (χ0n) is 12.7. The molecule has 1 aromatic heterocycles. The molecule has 1 saturated heterocycles. The monoisotopic (exact) mass is 304 g/mol. The minimum absolute atomic E-state index is 0.682. The van der Waals surface area contributed by atoms with E-state index in [9.17, 15) is 0 Å². The van der Waals surface area contributed by atoms with E-state index in [1.165, 1.54) is 37.9 Å². The lowest BCUT2D eigenvalue weighted by molar-refractivity contribution is -0.928. The fourth-order valence-corrected chi connectivity index (χ4v) is 3.13. The fourth-order valence-electron chi connectivity index (χ4n) is 2.89. The van der Waals surface area contributed by atoms with Crippen molar-refractivity contribution in [1.29, 1.82) is 0 Å². The maximum absolute atomic E-state index is 5.57. The summed E-state index contributed by atoms with van der Waals surface area (Å²) in [5, 5.41) is 8.53. The van der Waals surface area contributed by atoms with Crippen LogP contribution < -0.4 is 4.90 Å². The Morgan fingerprint density at radius 3 is 2.67 bits per heavy atom. The first-order chi connectivity index (χ1) is 10.1. The van der Waals surface area contributed by atoms with Crippen LogP contribution in [0.25, 0.3) is 5.69 Å². The summed E-state index contributed by atoms with van der Waals surface area (Å²) in [6.07, 6.45) is 3.95. The molecule has 1 aromatic carbocycles. The van der Waals surface area contributed by atoms with Gasteiger partial charge in [-0.3, -0.25) is 0 Å². The Morgan fingerprint density at radius 1 is 1.14 bits per heavy atom. The fraction of sp³-hybridized carbons (Fsp3) is 0.533. The number of aromatic nitrogens is 4. The molecular weight excluding hydrogens is 282 g/mol. The van der Waals surface area contributed by atoms with Gasteiger partial charge < -0.3 is 4.90 Å². The van der Waals surface area contributed by atoms with Gasteiger partial charge in [0.15, 0.2) is 6.67 Å². The van der Waals surface area contributed by atoms with Crippen LogP contribution in [0.5, 0.6) is 0 Å². The molecule has 21 heavy (non-hydrogen) atoms. The Labute approximate surface area is 130 Å². The molecule has 3 rings (SSSR count). The number of nitrogens with one attached hydrogen (secondary N) is 1. The standard InChI is InChI=1S/C15H21N5S/c1-12-6-7-13(2)14(10-12)20-15(21)19(16-17-20)11-18-8-4-3-5-9-18/h6-7,10H,3-5,8-9,11H2,1-2H3/p+1. The first-order valence-electron chi connectivity index (χ1n) is 7.59. The second-order valence-corrected chi connectivity index (χ2v) is 6.30. The Balaban J connectivity index is 1.88. The summed E-state index contributed by atoms with van der Waals surface area (Å²) in [4.78, 5) is 1.55. The molecule has 2 heterocycles. The summed E-state index contributed by atoms with van der Waals surface area (Å²) in [5.41, 5.74) is 3.39. The Kier molecular flexibility index (Phi) is 4.17. The predicted octanol–water partition coefficient (Wildman–Crippen LogP) is 1.44. The number of likely N-dealkylation sites (tertiary alicyclic amines) is 1. The molecule has 2 aromatic rings. The molecule has 6 heteroatoms. The molecule has 1 aliphatic rings. The van der Waals surface area contributed by atoms with Crippen LogP contribution in [0.2, 0.25) is 0 Å². The van der Waals surface area contributed by atoms with Gasteiger partial charge in [-0.1, -0.05) is 12.1 Å². The van der Waals surface area contributed by atoms with Gasteiger partial charge in [0.05, 0.1) is 18.8 Å². The minimum Gasteiger partial charge on any atom is -0.316 e. The number of nitrogens with zero attached hydrogens (tertiary/aromatic N) is 4. The van der Waals surface area contributed by atoms with Crippen molar-refractivity contribution < 1.29 is 4.90 Å². The van der Waals surface area contributed by atoms with E-state index in [1.807, 2.05) is 4.68 Å². The summed E-state index contributed by atoms with van der Waals surface area (Å²) in [6.45, 7) is 7.39. The summed E-state index contributed by atoms with van der Waals surface area (Å²) in [6, 6.07) is 6.31. The number of quaternary nitrogens is 1. The van der Waals surface area contributed by atoms with Gasteiger partial charge >= 0.3 is 0 Å². The summed E-state index contributed by atoms with van der Waals surface area (Å²) >= 11 is 5.57. The third-order valence-electron chi connectivity index (χ3n) is 4.17. The Morgan fingerprint density at radius 2 is 1.90 bits per heavy atom. The minimum atomic E-state index is 0.682. The summed E-state index contributed by atoms with van der Waals surface area (Å²) < 4.78 is 4.32. The molecule has 0 bridgehead atoms. The predicted molar refractivity (Wildman–Crippen MR) is 84.2 cm³/mol. The van der Waals surface area contributed by atoms with Crippen molar-refractivity contribution in [2.24, 2.45) is 0 Å². The van der Waals surface area contributed by atoms with Crippen molar-refractivity contribution >= 4 is 12.2 Å². The van der Waals surface area contributed by atoms with E-state index in [0.717, 1.165) is 17.9 Å². The van der Waals surface area contributed by atoms with Crippen LogP contribution >= 0.6 is 12.2 Å². The average Bonchev–Trinajstić information content (AvgIpc) is 2.84. The number of tetrazole rings is 1. The van der Waals surface area contributed by atoms with Gasteiger partial charge in [0.2, 0.25) is 4.77 Å². The number of hydrogen-bond donors (Lipinski definition) is 1. The third-order valence-corrected chi connectivity index (χ3v) is 4.55. The third kappa shape index (κ3) is 3.06. The van der Waals surface area contributed by atoms with E-state index in [0.29, 0.717) is 4.77 Å². The number of piperidine rings is 1. The smallest absolute Gasteiger partial charge is 0.225 e. The van der Waals surface area contributed by atoms with Crippen LogP contribution in [-0.2, 0) is 6.67 Å². The highest BCUT2D eigenvalue weighted by Gasteiger charge is 2.16. The van der Waals surface area contributed by atoms with Gasteiger partial charge in [-0.25, -0.2) is 0 Å². The Bertz CT molecular complexity index is 682. The highest BCUT2D eigenvalue weighted by Crippen LogP contribution is 2.15. The van der Waals surface area contributed by atoms with E-state index < -0.39 is 0 Å². The van der Waals surface area contributed by atoms with Crippen LogP contribution in [-0.4, -0.2) is 32.9 Å². The maximum Gasteiger partial charge on any atom is 0.225 e. The molecule has 0 unspecified atom stereocenters. The zero-order chi connectivity index (χ0) is 14.8. The van der Waals surface area contributed by atoms with Crippen molar-refractivity contribution in [3.63, 3.8) is 0 Å². The van der Waals surface area contributed by atoms with Gasteiger partial charge in [0.1, 0.15) is 0 Å². The molecule has 0 radical (unpaired) electrons. The van der Waals surface area contributed by atoms with Crippen molar-refractivity contribution in [2.75, 3.05) is 13.1 Å². The molecule has 0 atom stereocenters. The highest BCUT2D eigenvalue weighted by molar-refractivity contribution is 7.71. The van der Waals surface area contributed by atoms with E-state index >= 15 is 0 Å². The van der Waals surface area contributed by atoms with E-state index in [-0.39, 0.29) is 0 Å². The van der Waals surface area contributed by atoms with E-state index in [1.54, 1.807) is 9.58 Å². The maximum atomic E-state index is 5.57. The summed E-state index contributed by atoms with van der Waals surface area (Å²) in [7, 11) is 0. The Hall–Kier alpha value is -1.53. The summed E-state index contributed by atoms with van der Waals surface area (Å²) in [5.74, 6) is 0. The first kappa shape index (κ1) is 14.4. The van der Waals surface area contributed by atoms with Crippen molar-refractivity contribution in [3.05, 3.63) is 34.1 Å². The molecule has 1 fully saturated rings. The first-order valence-corrected chi connectivity index (χ1v) is 8.00. The van der Waals surface area contributed by atoms with Crippen LogP contribution in [0.15, 0.2) is 18.2 Å². The van der Waals surface area contributed by atoms with Crippen LogP contribution in [0.1, 0.15) is 30.4 Å². The lowest BCUT2D eigenvalue weighted by Gasteiger charge is -2.22. The van der Waals surface area contributed by atoms with Gasteiger partial charge in [0.25, 0.3) is 0 Å². The van der Waals surface area contributed by atoms with E-state index in [4.69, 9.17) is 12.2 Å². The van der Waals surface area contributed by atoms with Gasteiger partial charge in [-0.2, -0.15) is 9.36 Å². The van der Waals surface area contributed by atoms with E-state index in [2.05, 4.69) is 42.5 Å². The molecule has 0 aliphatic carbocycles. The zero-order valence-corrected chi connectivity index (χ0v) is 13.5. The lowest BCUT2D eigenvalue weighted by Crippen LogP contribution is -3.12. The van der Waals surface area contributed by atoms with Gasteiger partial charge in [-0.05, 0) is 72.9 Å². The molecule has 1 aliphatic heterocycles. The average molecular weight is 304 g/mol. The molecule has 0 amide bonds. The number of hydrogen-bond acceptors (Lipinski definition) is 3. The topological polar surface area (TPSA) is 40.1 Å². The molecule has 0 saturated carbocycles. The second-order valence-electron chi connectivity index (χ2n) is 5.93. The number of benzene rings is 1. The highest BCUT2D eigenvalue weighted by atomic mass is 32.1. The molecule has 112 valence electrons. The lowest BCUT2D eigenvalue weighted by atomic mass is 10.1. The number of aryl methyl sites for hydroxylation is 2. The van der Waals surface area contributed by atoms with Crippen LogP contribution in [0, 0.1) is 18.6 Å². The van der Waals surface area contributed by atoms with Crippen LogP contribution in [0.3, 0.4) is 0 Å². The molecular formula is C15H22N5S+. The molecule has 5 nitrogen and oxygen atoms in total. The normalized spacial score (nSPS) is 16.3. The van der Waals surface area contributed by atoms with Crippen molar-refractivity contribution in [1.82, 2.24) is 19.8 Å². The van der Waals surface area contributed by atoms with Gasteiger partial charge in [-0.15, -0.1) is 0 Å². The van der Waals surface area contributed by atoms with Crippen LogP contribution in [0.4, 0.5) is 0 Å². The number of rotatable bonds is 3. The quantitative estimate of drug-likeness (QED) is 0.872. The second kappa shape index (κ2) is 6.07. The SMILES string of the molecule is Cc1ccc(C)c(-n2nnn(C[NH+]3CCCCC3)c2=S)c1. The van der Waals surface area contributed by atoms with Crippen molar-refractivity contribution in [2.45, 2.75) is 39.8 Å². The van der Waals surface area contributed by atoms with Gasteiger partial charge in [0, 0.05) is 0 Å².